The summed E-state index contributed by atoms with van der Waals surface area (Å²) in [6, 6.07) is 0. The highest BCUT2D eigenvalue weighted by Crippen LogP contribution is 2.29. The number of rotatable bonds is 4. The molecule has 10 nitrogen and oxygen atoms in total. The van der Waals surface area contributed by atoms with Gasteiger partial charge in [-0.1, -0.05) is 0 Å². The smallest absolute Gasteiger partial charge is 0.380 e. The van der Waals surface area contributed by atoms with Gasteiger partial charge in [0, 0.05) is 0 Å². The summed E-state index contributed by atoms with van der Waals surface area (Å²) in [5.41, 5.74) is -5.20. The molecule has 0 aliphatic carbocycles. The molecule has 10 heteroatoms. The molecule has 18 heavy (non-hydrogen) atoms. The van der Waals surface area contributed by atoms with E-state index in [1.54, 1.807) is 0 Å². The summed E-state index contributed by atoms with van der Waals surface area (Å²) in [7, 11) is 0. The van der Waals surface area contributed by atoms with Gasteiger partial charge in [-0.25, -0.2) is 19.2 Å². The SMILES string of the molecule is O=C=NC1(CO)OC(=O)C(CO)(N=C=O)OC1=O. The van der Waals surface area contributed by atoms with E-state index in [4.69, 9.17) is 10.2 Å². The molecule has 2 N–H and O–H groups in total. The number of carbonyl (C=O) groups is 2. The molecule has 0 aromatic heterocycles. The van der Waals surface area contributed by atoms with Gasteiger partial charge in [0.1, 0.15) is 13.2 Å². The van der Waals surface area contributed by atoms with Crippen molar-refractivity contribution in [1.29, 1.82) is 0 Å². The molecule has 1 rings (SSSR count). The second-order valence-corrected chi connectivity index (χ2v) is 3.07. The van der Waals surface area contributed by atoms with E-state index in [-0.39, 0.29) is 0 Å². The third-order valence-electron chi connectivity index (χ3n) is 2.04. The normalized spacial score (nSPS) is 30.6. The summed E-state index contributed by atoms with van der Waals surface area (Å²) in [5.74, 6) is -2.97. The van der Waals surface area contributed by atoms with E-state index in [1.807, 2.05) is 0 Å². The highest BCUT2D eigenvalue weighted by Gasteiger charge is 2.59. The van der Waals surface area contributed by atoms with E-state index in [1.165, 1.54) is 0 Å². The first-order chi connectivity index (χ1) is 8.50. The van der Waals surface area contributed by atoms with E-state index in [0.29, 0.717) is 0 Å². The van der Waals surface area contributed by atoms with Crippen LogP contribution in [0.3, 0.4) is 0 Å². The van der Waals surface area contributed by atoms with Crippen molar-refractivity contribution in [2.75, 3.05) is 13.2 Å². The average molecular weight is 258 g/mol. The first-order valence-electron chi connectivity index (χ1n) is 4.37. The third-order valence-corrected chi connectivity index (χ3v) is 2.04. The first kappa shape index (κ1) is 13.7. The van der Waals surface area contributed by atoms with Crippen LogP contribution < -0.4 is 0 Å². The lowest BCUT2D eigenvalue weighted by atomic mass is 10.1. The number of hydrogen-bond donors (Lipinski definition) is 2. The Kier molecular flexibility index (Phi) is 3.70. The predicted octanol–water partition coefficient (Wildman–Crippen LogP) is -2.86. The molecule has 2 atom stereocenters. The Hall–Kier alpha value is -2.38. The Morgan fingerprint density at radius 2 is 1.28 bits per heavy atom. The van der Waals surface area contributed by atoms with Crippen molar-refractivity contribution in [2.24, 2.45) is 9.98 Å². The van der Waals surface area contributed by atoms with Gasteiger partial charge >= 0.3 is 23.4 Å². The summed E-state index contributed by atoms with van der Waals surface area (Å²) in [6.07, 6.45) is 1.85. The van der Waals surface area contributed by atoms with Crippen molar-refractivity contribution >= 4 is 24.1 Å². The largest absolute Gasteiger partial charge is 0.418 e. The molecule has 0 aromatic rings. The van der Waals surface area contributed by atoms with E-state index in [0.717, 1.165) is 12.2 Å². The lowest BCUT2D eigenvalue weighted by Crippen LogP contribution is -2.61. The fraction of sp³-hybridized carbons (Fsp3) is 0.500. The van der Waals surface area contributed by atoms with Gasteiger partial charge in [-0.3, -0.25) is 0 Å². The van der Waals surface area contributed by atoms with E-state index in [9.17, 15) is 19.2 Å². The number of aliphatic imine (C=N–C) groups is 2. The Balaban J connectivity index is 3.23. The van der Waals surface area contributed by atoms with Crippen LogP contribution in [0.1, 0.15) is 0 Å². The van der Waals surface area contributed by atoms with E-state index in [2.05, 4.69) is 19.5 Å². The molecule has 1 saturated heterocycles. The van der Waals surface area contributed by atoms with Crippen molar-refractivity contribution in [3.63, 3.8) is 0 Å². The summed E-state index contributed by atoms with van der Waals surface area (Å²) in [5, 5.41) is 17.8. The van der Waals surface area contributed by atoms with Crippen LogP contribution >= 0.6 is 0 Å². The van der Waals surface area contributed by atoms with Crippen LogP contribution in [0.15, 0.2) is 9.98 Å². The van der Waals surface area contributed by atoms with Crippen LogP contribution in [-0.2, 0) is 28.7 Å². The van der Waals surface area contributed by atoms with Gasteiger partial charge in [0.2, 0.25) is 12.2 Å². The third kappa shape index (κ3) is 1.92. The van der Waals surface area contributed by atoms with Crippen LogP contribution in [0, 0.1) is 0 Å². The molecule has 2 unspecified atom stereocenters. The van der Waals surface area contributed by atoms with Crippen molar-refractivity contribution in [3.05, 3.63) is 0 Å². The average Bonchev–Trinajstić information content (AvgIpc) is 2.35. The maximum atomic E-state index is 11.5. The zero-order valence-corrected chi connectivity index (χ0v) is 8.65. The number of ether oxygens (including phenoxy) is 2. The molecule has 0 aromatic carbocycles. The van der Waals surface area contributed by atoms with Gasteiger partial charge in [-0.05, 0) is 0 Å². The van der Waals surface area contributed by atoms with Gasteiger partial charge in [0.05, 0.1) is 0 Å². The van der Waals surface area contributed by atoms with Crippen LogP contribution in [0.5, 0.6) is 0 Å². The van der Waals surface area contributed by atoms with Crippen LogP contribution in [-0.4, -0.2) is 59.0 Å². The number of isocyanates is 2. The minimum absolute atomic E-state index is 0.924. The lowest BCUT2D eigenvalue weighted by Gasteiger charge is -2.35. The van der Waals surface area contributed by atoms with Gasteiger partial charge in [-0.15, -0.1) is 9.98 Å². The number of carbonyl (C=O) groups excluding carboxylic acids is 4. The van der Waals surface area contributed by atoms with Crippen LogP contribution in [0.2, 0.25) is 0 Å². The van der Waals surface area contributed by atoms with Crippen molar-refractivity contribution < 1.29 is 38.9 Å². The van der Waals surface area contributed by atoms with Crippen LogP contribution in [0.25, 0.3) is 0 Å². The van der Waals surface area contributed by atoms with E-state index < -0.39 is 36.6 Å². The number of esters is 2. The lowest BCUT2D eigenvalue weighted by molar-refractivity contribution is -0.233. The van der Waals surface area contributed by atoms with Gasteiger partial charge in [-0.2, -0.15) is 0 Å². The zero-order valence-electron chi connectivity index (χ0n) is 8.65. The minimum Gasteiger partial charge on any atom is -0.418 e. The predicted molar refractivity (Wildman–Crippen MR) is 48.1 cm³/mol. The van der Waals surface area contributed by atoms with Gasteiger partial charge in [0.15, 0.2) is 0 Å². The monoisotopic (exact) mass is 258 g/mol. The fourth-order valence-corrected chi connectivity index (χ4v) is 1.10. The topological polar surface area (TPSA) is 152 Å². The van der Waals surface area contributed by atoms with Crippen molar-refractivity contribution in [2.45, 2.75) is 11.4 Å². The Morgan fingerprint density at radius 3 is 1.50 bits per heavy atom. The summed E-state index contributed by atoms with van der Waals surface area (Å²) in [4.78, 5) is 48.9. The molecule has 1 aliphatic rings. The molecular weight excluding hydrogens is 252 g/mol. The maximum Gasteiger partial charge on any atom is 0.380 e. The minimum atomic E-state index is -2.60. The van der Waals surface area contributed by atoms with Gasteiger partial charge in [0.25, 0.3) is 0 Å². The fourth-order valence-electron chi connectivity index (χ4n) is 1.10. The zero-order chi connectivity index (χ0) is 13.8. The molecule has 96 valence electrons. The Bertz CT molecular complexity index is 433. The molecule has 1 aliphatic heterocycles. The summed E-state index contributed by atoms with van der Waals surface area (Å²) < 4.78 is 8.82. The maximum absolute atomic E-state index is 11.5. The molecule has 0 bridgehead atoms. The number of nitrogens with zero attached hydrogens (tertiary/aromatic N) is 2. The molecule has 1 fully saturated rings. The quantitative estimate of drug-likeness (QED) is 0.310. The Morgan fingerprint density at radius 1 is 0.944 bits per heavy atom. The molecule has 0 radical (unpaired) electrons. The molecular formula is C8H6N2O8. The number of hydrogen-bond acceptors (Lipinski definition) is 10. The number of cyclic esters (lactones) is 2. The highest BCUT2D eigenvalue weighted by atomic mass is 16.7. The highest BCUT2D eigenvalue weighted by molar-refractivity contribution is 5.93. The second kappa shape index (κ2) is 4.86. The molecule has 0 amide bonds. The molecule has 0 spiro atoms. The first-order valence-corrected chi connectivity index (χ1v) is 4.37. The molecule has 1 heterocycles. The van der Waals surface area contributed by atoms with Gasteiger partial charge < -0.3 is 19.7 Å². The van der Waals surface area contributed by atoms with E-state index >= 15 is 0 Å². The summed E-state index contributed by atoms with van der Waals surface area (Å²) >= 11 is 0. The standard InChI is InChI=1S/C8H6N2O8/c11-1-7(9-3-13)5(15)18-8(2-12,10-4-14)6(16)17-7/h11-12H,1-2H2. The van der Waals surface area contributed by atoms with Crippen LogP contribution in [0.4, 0.5) is 0 Å². The van der Waals surface area contributed by atoms with Crippen molar-refractivity contribution in [3.8, 4) is 0 Å². The number of aliphatic hydroxyl groups excluding tert-OH is 2. The second-order valence-electron chi connectivity index (χ2n) is 3.07. The molecule has 0 saturated carbocycles. The number of aliphatic hydroxyl groups is 2. The summed E-state index contributed by atoms with van der Waals surface area (Å²) in [6.45, 7) is -2.36. The Labute approximate surface area is 98.5 Å². The van der Waals surface area contributed by atoms with Crippen molar-refractivity contribution in [1.82, 2.24) is 0 Å².